The Labute approximate surface area is 142 Å². The summed E-state index contributed by atoms with van der Waals surface area (Å²) in [5, 5.41) is 0. The van der Waals surface area contributed by atoms with E-state index in [1.54, 1.807) is 4.90 Å². The van der Waals surface area contributed by atoms with E-state index in [1.807, 2.05) is 48.5 Å². The first-order chi connectivity index (χ1) is 11.7. The predicted molar refractivity (Wildman–Crippen MR) is 90.4 cm³/mol. The van der Waals surface area contributed by atoms with Crippen LogP contribution >= 0.6 is 0 Å². The van der Waals surface area contributed by atoms with Gasteiger partial charge in [-0.15, -0.1) is 0 Å². The maximum atomic E-state index is 12.4. The van der Waals surface area contributed by atoms with Crippen LogP contribution in [0.3, 0.4) is 0 Å². The van der Waals surface area contributed by atoms with Gasteiger partial charge >= 0.3 is 6.09 Å². The molecular weight excluding hydrogens is 302 g/mol. The third-order valence-corrected chi connectivity index (χ3v) is 5.01. The van der Waals surface area contributed by atoms with Crippen molar-refractivity contribution in [2.75, 3.05) is 6.54 Å². The number of carbonyl (C=O) groups excluding carboxylic acids is 1. The van der Waals surface area contributed by atoms with Crippen molar-refractivity contribution < 1.29 is 14.3 Å². The minimum Gasteiger partial charge on any atom is -0.445 e. The molecule has 0 radical (unpaired) electrons. The van der Waals surface area contributed by atoms with Crippen LogP contribution in [0.15, 0.2) is 60.7 Å². The minimum atomic E-state index is -0.261. The van der Waals surface area contributed by atoms with Crippen molar-refractivity contribution in [3.8, 4) is 0 Å². The first-order valence-electron chi connectivity index (χ1n) is 8.40. The number of fused-ring (bicyclic) bond motifs is 1. The highest BCUT2D eigenvalue weighted by Crippen LogP contribution is 2.53. The molecule has 4 nitrogen and oxygen atoms in total. The van der Waals surface area contributed by atoms with Crippen LogP contribution in [-0.2, 0) is 21.7 Å². The number of carbonyl (C=O) groups is 1. The summed E-state index contributed by atoms with van der Waals surface area (Å²) in [6.45, 7) is 2.95. The second kappa shape index (κ2) is 5.95. The smallest absolute Gasteiger partial charge is 0.410 e. The predicted octanol–water partition coefficient (Wildman–Crippen LogP) is 3.71. The number of ether oxygens (including phenoxy) is 2. The topological polar surface area (TPSA) is 42.1 Å². The van der Waals surface area contributed by atoms with Crippen LogP contribution in [0.25, 0.3) is 0 Å². The number of amides is 1. The summed E-state index contributed by atoms with van der Waals surface area (Å²) >= 11 is 0. The molecule has 2 saturated heterocycles. The lowest BCUT2D eigenvalue weighted by molar-refractivity contribution is 0.0719. The molecule has 2 aliphatic rings. The Morgan fingerprint density at radius 3 is 2.54 bits per heavy atom. The Balaban J connectivity index is 1.40. The van der Waals surface area contributed by atoms with Crippen LogP contribution in [0.2, 0.25) is 0 Å². The molecule has 2 aromatic carbocycles. The lowest BCUT2D eigenvalue weighted by atomic mass is 9.85. The van der Waals surface area contributed by atoms with Gasteiger partial charge in [-0.25, -0.2) is 4.79 Å². The summed E-state index contributed by atoms with van der Waals surface area (Å²) in [6.07, 6.45) is 0.617. The molecule has 0 spiro atoms. The largest absolute Gasteiger partial charge is 0.445 e. The van der Waals surface area contributed by atoms with Crippen molar-refractivity contribution in [2.45, 2.75) is 37.7 Å². The molecular formula is C20H21NO3. The van der Waals surface area contributed by atoms with E-state index in [4.69, 9.17) is 9.47 Å². The molecule has 4 rings (SSSR count). The van der Waals surface area contributed by atoms with Crippen LogP contribution in [0.4, 0.5) is 4.79 Å². The Hall–Kier alpha value is -2.33. The fraction of sp³-hybridized carbons (Fsp3) is 0.350. The third kappa shape index (κ3) is 2.67. The standard InChI is InChI=1S/C20H21NO3/c1-15-12-20(17-10-6-3-7-11-17)18(24-20)13-21(15)19(22)23-14-16-8-4-2-5-9-16/h2-11,15,18H,12-14H2,1H3/t15-,18-,20-/m1/s1. The minimum absolute atomic E-state index is 0.0698. The third-order valence-electron chi connectivity index (χ3n) is 5.01. The number of epoxide rings is 1. The SMILES string of the molecule is C[C@@H]1C[C@]2(c3ccccc3)O[C@@H]2CN1C(=O)OCc1ccccc1. The van der Waals surface area contributed by atoms with Gasteiger partial charge in [0.2, 0.25) is 0 Å². The Morgan fingerprint density at radius 2 is 1.83 bits per heavy atom. The van der Waals surface area contributed by atoms with Gasteiger partial charge in [0, 0.05) is 12.5 Å². The average molecular weight is 323 g/mol. The van der Waals surface area contributed by atoms with E-state index in [1.165, 1.54) is 5.56 Å². The first kappa shape index (κ1) is 15.2. The second-order valence-corrected chi connectivity index (χ2v) is 6.61. The number of hydrogen-bond donors (Lipinski definition) is 0. The second-order valence-electron chi connectivity index (χ2n) is 6.61. The van der Waals surface area contributed by atoms with Gasteiger partial charge in [-0.05, 0) is 18.1 Å². The molecule has 2 heterocycles. The van der Waals surface area contributed by atoms with Gasteiger partial charge in [0.05, 0.1) is 6.54 Å². The molecule has 2 aromatic rings. The van der Waals surface area contributed by atoms with E-state index in [-0.39, 0.29) is 23.8 Å². The highest BCUT2D eigenvalue weighted by Gasteiger charge is 2.62. The highest BCUT2D eigenvalue weighted by molar-refractivity contribution is 5.68. The number of likely N-dealkylation sites (tertiary alicyclic amines) is 1. The Bertz CT molecular complexity index is 718. The fourth-order valence-electron chi connectivity index (χ4n) is 3.64. The number of benzene rings is 2. The number of rotatable bonds is 3. The number of nitrogens with zero attached hydrogens (tertiary/aromatic N) is 1. The molecule has 3 atom stereocenters. The summed E-state index contributed by atoms with van der Waals surface area (Å²) in [4.78, 5) is 14.2. The quantitative estimate of drug-likeness (QED) is 0.809. The Kier molecular flexibility index (Phi) is 3.77. The molecule has 1 amide bonds. The zero-order chi connectivity index (χ0) is 16.6. The molecule has 124 valence electrons. The summed E-state index contributed by atoms with van der Waals surface area (Å²) < 4.78 is 11.5. The molecule has 0 N–H and O–H groups in total. The molecule has 0 aliphatic carbocycles. The van der Waals surface area contributed by atoms with Crippen molar-refractivity contribution in [2.24, 2.45) is 0 Å². The van der Waals surface area contributed by atoms with Gasteiger partial charge in [0.1, 0.15) is 18.3 Å². The van der Waals surface area contributed by atoms with Gasteiger partial charge in [-0.2, -0.15) is 0 Å². The van der Waals surface area contributed by atoms with E-state index in [0.29, 0.717) is 13.2 Å². The number of hydrogen-bond acceptors (Lipinski definition) is 3. The van der Waals surface area contributed by atoms with Crippen LogP contribution in [0.1, 0.15) is 24.5 Å². The van der Waals surface area contributed by atoms with Crippen molar-refractivity contribution in [1.29, 1.82) is 0 Å². The lowest BCUT2D eigenvalue weighted by Gasteiger charge is -2.34. The van der Waals surface area contributed by atoms with Crippen molar-refractivity contribution in [1.82, 2.24) is 4.90 Å². The summed E-state index contributed by atoms with van der Waals surface area (Å²) in [5.74, 6) is 0. The number of piperidine rings is 1. The van der Waals surface area contributed by atoms with E-state index >= 15 is 0 Å². The first-order valence-corrected chi connectivity index (χ1v) is 8.40. The van der Waals surface area contributed by atoms with Gasteiger partial charge in [-0.1, -0.05) is 60.7 Å². The van der Waals surface area contributed by atoms with E-state index in [2.05, 4.69) is 19.1 Å². The van der Waals surface area contributed by atoms with E-state index in [9.17, 15) is 4.79 Å². The molecule has 0 bridgehead atoms. The van der Waals surface area contributed by atoms with Crippen molar-refractivity contribution in [3.63, 3.8) is 0 Å². The van der Waals surface area contributed by atoms with Gasteiger partial charge in [-0.3, -0.25) is 0 Å². The molecule has 2 fully saturated rings. The molecule has 0 unspecified atom stereocenters. The summed E-state index contributed by atoms with van der Waals surface area (Å²) in [5.41, 5.74) is 1.99. The normalized spacial score (nSPS) is 28.1. The van der Waals surface area contributed by atoms with Crippen molar-refractivity contribution in [3.05, 3.63) is 71.8 Å². The summed E-state index contributed by atoms with van der Waals surface area (Å²) in [7, 11) is 0. The van der Waals surface area contributed by atoms with Gasteiger partial charge in [0.25, 0.3) is 0 Å². The zero-order valence-corrected chi connectivity index (χ0v) is 13.7. The van der Waals surface area contributed by atoms with Gasteiger partial charge < -0.3 is 14.4 Å². The summed E-state index contributed by atoms with van der Waals surface area (Å²) in [6, 6.07) is 20.1. The average Bonchev–Trinajstić information content (AvgIpc) is 3.35. The van der Waals surface area contributed by atoms with E-state index < -0.39 is 0 Å². The van der Waals surface area contributed by atoms with Crippen LogP contribution < -0.4 is 0 Å². The van der Waals surface area contributed by atoms with Crippen LogP contribution in [-0.4, -0.2) is 29.7 Å². The molecule has 24 heavy (non-hydrogen) atoms. The van der Waals surface area contributed by atoms with Crippen LogP contribution in [0.5, 0.6) is 0 Å². The molecule has 4 heteroatoms. The van der Waals surface area contributed by atoms with Crippen molar-refractivity contribution >= 4 is 6.09 Å². The molecule has 2 aliphatic heterocycles. The monoisotopic (exact) mass is 323 g/mol. The maximum Gasteiger partial charge on any atom is 0.410 e. The lowest BCUT2D eigenvalue weighted by Crippen LogP contribution is -2.47. The molecule has 0 aromatic heterocycles. The van der Waals surface area contributed by atoms with Gasteiger partial charge in [0.15, 0.2) is 0 Å². The van der Waals surface area contributed by atoms with E-state index in [0.717, 1.165) is 12.0 Å². The van der Waals surface area contributed by atoms with Crippen LogP contribution in [0, 0.1) is 0 Å². The Morgan fingerprint density at radius 1 is 1.17 bits per heavy atom. The highest BCUT2D eigenvalue weighted by atomic mass is 16.6. The maximum absolute atomic E-state index is 12.4. The fourth-order valence-corrected chi connectivity index (χ4v) is 3.64. The molecule has 0 saturated carbocycles. The zero-order valence-electron chi connectivity index (χ0n) is 13.7.